The standard InChI is InChI=1S/C44H36N4O/c1-29-26-30(2)48(46-29)33-23-24-41-39(28-33)47(38-20-9-10-21-40(38)49-41)32-15-13-14-31(27-32)44(42-22-11-12-25-45-42)36-18-7-5-16-34(36)43(3,4)35-17-6-8-19-37(35)44/h5-28H,1-4H3. The van der Waals surface area contributed by atoms with Crippen LogP contribution in [0.25, 0.3) is 5.69 Å². The van der Waals surface area contributed by atoms with Crippen molar-refractivity contribution in [1.82, 2.24) is 14.8 Å². The summed E-state index contributed by atoms with van der Waals surface area (Å²) in [6.45, 7) is 8.79. The summed E-state index contributed by atoms with van der Waals surface area (Å²) < 4.78 is 8.52. The molecule has 0 unspecified atom stereocenters. The van der Waals surface area contributed by atoms with Crippen LogP contribution in [0.2, 0.25) is 0 Å². The van der Waals surface area contributed by atoms with Crippen LogP contribution in [0, 0.1) is 13.8 Å². The van der Waals surface area contributed by atoms with Crippen molar-refractivity contribution >= 4 is 17.1 Å². The number of benzene rings is 5. The van der Waals surface area contributed by atoms with Gasteiger partial charge in [-0.1, -0.05) is 92.7 Å². The van der Waals surface area contributed by atoms with Crippen LogP contribution >= 0.6 is 0 Å². The lowest BCUT2D eigenvalue weighted by Gasteiger charge is -2.47. The zero-order valence-electron chi connectivity index (χ0n) is 28.1. The Morgan fingerprint density at radius 3 is 1.94 bits per heavy atom. The maximum atomic E-state index is 6.53. The van der Waals surface area contributed by atoms with E-state index in [0.29, 0.717) is 0 Å². The van der Waals surface area contributed by atoms with Crippen molar-refractivity contribution in [3.63, 3.8) is 0 Å². The van der Waals surface area contributed by atoms with Gasteiger partial charge in [0.2, 0.25) is 0 Å². The molecule has 7 aromatic rings. The molecule has 0 atom stereocenters. The van der Waals surface area contributed by atoms with Gasteiger partial charge in [-0.3, -0.25) is 4.98 Å². The fraction of sp³-hybridized carbons (Fsp3) is 0.136. The van der Waals surface area contributed by atoms with Crippen LogP contribution in [-0.4, -0.2) is 14.8 Å². The first kappa shape index (κ1) is 29.2. The van der Waals surface area contributed by atoms with E-state index in [4.69, 9.17) is 14.8 Å². The van der Waals surface area contributed by atoms with E-state index in [1.54, 1.807) is 0 Å². The number of fused-ring (bicyclic) bond motifs is 4. The first-order valence-corrected chi connectivity index (χ1v) is 16.8. The van der Waals surface area contributed by atoms with Gasteiger partial charge >= 0.3 is 0 Å². The lowest BCUT2D eigenvalue weighted by Crippen LogP contribution is -2.42. The minimum absolute atomic E-state index is 0.190. The molecule has 0 N–H and O–H groups in total. The van der Waals surface area contributed by atoms with E-state index in [9.17, 15) is 0 Å². The van der Waals surface area contributed by atoms with E-state index >= 15 is 0 Å². The zero-order valence-corrected chi connectivity index (χ0v) is 28.1. The number of rotatable bonds is 4. The Balaban J connectivity index is 1.32. The van der Waals surface area contributed by atoms with Crippen LogP contribution in [0.3, 0.4) is 0 Å². The number of anilines is 3. The first-order chi connectivity index (χ1) is 23.9. The van der Waals surface area contributed by atoms with E-state index in [1.165, 1.54) is 22.3 Å². The molecule has 0 saturated heterocycles. The van der Waals surface area contributed by atoms with Crippen molar-refractivity contribution < 1.29 is 4.74 Å². The van der Waals surface area contributed by atoms with Crippen molar-refractivity contribution in [2.75, 3.05) is 4.90 Å². The summed E-state index contributed by atoms with van der Waals surface area (Å²) >= 11 is 0. The predicted octanol–water partition coefficient (Wildman–Crippen LogP) is 10.5. The number of hydrogen-bond donors (Lipinski definition) is 0. The lowest BCUT2D eigenvalue weighted by atomic mass is 9.55. The summed E-state index contributed by atoms with van der Waals surface area (Å²) in [5, 5.41) is 4.79. The molecule has 49 heavy (non-hydrogen) atoms. The zero-order chi connectivity index (χ0) is 33.3. The van der Waals surface area contributed by atoms with Crippen LogP contribution in [0.4, 0.5) is 17.1 Å². The van der Waals surface area contributed by atoms with Gasteiger partial charge in [-0.2, -0.15) is 5.10 Å². The number of para-hydroxylation sites is 2. The molecule has 2 aliphatic rings. The minimum atomic E-state index is -0.653. The van der Waals surface area contributed by atoms with E-state index in [1.807, 2.05) is 36.0 Å². The van der Waals surface area contributed by atoms with E-state index < -0.39 is 5.41 Å². The van der Waals surface area contributed by atoms with Crippen molar-refractivity contribution in [3.05, 3.63) is 191 Å². The first-order valence-electron chi connectivity index (χ1n) is 16.8. The SMILES string of the molecule is Cc1cc(C)n(-c2ccc3c(c2)N(c2cccc(C4(c5ccccn5)c5ccccc5C(C)(C)c5ccccc54)c2)c2ccccc2O3)n1. The molecule has 0 fully saturated rings. The van der Waals surface area contributed by atoms with Crippen molar-refractivity contribution in [1.29, 1.82) is 0 Å². The third-order valence-electron chi connectivity index (χ3n) is 10.4. The second-order valence-electron chi connectivity index (χ2n) is 13.6. The van der Waals surface area contributed by atoms with Crippen LogP contribution in [0.15, 0.2) is 146 Å². The second kappa shape index (κ2) is 10.8. The highest BCUT2D eigenvalue weighted by molar-refractivity contribution is 5.87. The molecule has 9 rings (SSSR count). The molecule has 0 radical (unpaired) electrons. The summed E-state index contributed by atoms with van der Waals surface area (Å²) in [5.74, 6) is 1.61. The van der Waals surface area contributed by atoms with Crippen LogP contribution < -0.4 is 9.64 Å². The summed E-state index contributed by atoms with van der Waals surface area (Å²) in [5.41, 5.74) is 12.5. The Morgan fingerprint density at radius 1 is 0.571 bits per heavy atom. The van der Waals surface area contributed by atoms with Crippen molar-refractivity contribution in [2.45, 2.75) is 38.5 Å². The van der Waals surface area contributed by atoms with Crippen molar-refractivity contribution in [2.24, 2.45) is 0 Å². The fourth-order valence-corrected chi connectivity index (χ4v) is 8.24. The van der Waals surface area contributed by atoms with Crippen LogP contribution in [0.5, 0.6) is 11.5 Å². The van der Waals surface area contributed by atoms with Gasteiger partial charge in [0.05, 0.1) is 33.9 Å². The van der Waals surface area contributed by atoms with Crippen LogP contribution in [0.1, 0.15) is 58.7 Å². The molecule has 2 aromatic heterocycles. The number of hydrogen-bond acceptors (Lipinski definition) is 4. The van der Waals surface area contributed by atoms with Gasteiger partial charge in [0, 0.05) is 23.0 Å². The highest BCUT2D eigenvalue weighted by atomic mass is 16.5. The summed E-state index contributed by atoms with van der Waals surface area (Å²) in [6, 6.07) is 49.8. The molecular weight excluding hydrogens is 601 g/mol. The molecule has 238 valence electrons. The van der Waals surface area contributed by atoms with Gasteiger partial charge < -0.3 is 9.64 Å². The molecular formula is C44H36N4O. The molecule has 1 aliphatic heterocycles. The van der Waals surface area contributed by atoms with Gasteiger partial charge in [-0.05, 0) is 102 Å². The molecule has 1 aliphatic carbocycles. The number of pyridine rings is 1. The third-order valence-corrected chi connectivity index (χ3v) is 10.4. The molecule has 5 heteroatoms. The van der Waals surface area contributed by atoms with E-state index in [0.717, 1.165) is 56.9 Å². The molecule has 0 bridgehead atoms. The Kier molecular flexibility index (Phi) is 6.44. The Morgan fingerprint density at radius 2 is 1.24 bits per heavy atom. The molecule has 3 heterocycles. The average Bonchev–Trinajstić information content (AvgIpc) is 3.48. The summed E-state index contributed by atoms with van der Waals surface area (Å²) in [4.78, 5) is 7.45. The Labute approximate surface area is 287 Å². The summed E-state index contributed by atoms with van der Waals surface area (Å²) in [6.07, 6.45) is 1.92. The van der Waals surface area contributed by atoms with Gasteiger partial charge in [-0.25, -0.2) is 4.68 Å². The normalized spacial score (nSPS) is 15.0. The highest BCUT2D eigenvalue weighted by Crippen LogP contribution is 2.57. The molecule has 0 saturated carbocycles. The average molecular weight is 637 g/mol. The van der Waals surface area contributed by atoms with Crippen molar-refractivity contribution in [3.8, 4) is 17.2 Å². The third kappa shape index (κ3) is 4.25. The summed E-state index contributed by atoms with van der Waals surface area (Å²) in [7, 11) is 0. The maximum Gasteiger partial charge on any atom is 0.151 e. The quantitative estimate of drug-likeness (QED) is 0.193. The Bertz CT molecular complexity index is 2340. The lowest BCUT2D eigenvalue weighted by molar-refractivity contribution is 0.476. The number of aromatic nitrogens is 3. The Hall–Kier alpha value is -5.94. The van der Waals surface area contributed by atoms with Crippen LogP contribution in [-0.2, 0) is 10.8 Å². The maximum absolute atomic E-state index is 6.53. The number of aryl methyl sites for hydroxylation is 2. The van der Waals surface area contributed by atoms with Gasteiger partial charge in [0.1, 0.15) is 0 Å². The predicted molar refractivity (Wildman–Crippen MR) is 196 cm³/mol. The molecule has 0 amide bonds. The minimum Gasteiger partial charge on any atom is -0.453 e. The number of ether oxygens (including phenoxy) is 1. The second-order valence-corrected chi connectivity index (χ2v) is 13.6. The fourth-order valence-electron chi connectivity index (χ4n) is 8.24. The van der Waals surface area contributed by atoms with E-state index in [2.05, 4.69) is 147 Å². The smallest absolute Gasteiger partial charge is 0.151 e. The van der Waals surface area contributed by atoms with Gasteiger partial charge in [0.15, 0.2) is 11.5 Å². The molecule has 0 spiro atoms. The topological polar surface area (TPSA) is 43.2 Å². The highest BCUT2D eigenvalue weighted by Gasteiger charge is 2.49. The molecule has 5 aromatic carbocycles. The monoisotopic (exact) mass is 636 g/mol. The number of nitrogens with zero attached hydrogens (tertiary/aromatic N) is 4. The largest absolute Gasteiger partial charge is 0.453 e. The van der Waals surface area contributed by atoms with Gasteiger partial charge in [0.25, 0.3) is 0 Å². The molecule has 5 nitrogen and oxygen atoms in total. The van der Waals surface area contributed by atoms with Gasteiger partial charge in [-0.15, -0.1) is 0 Å². The van der Waals surface area contributed by atoms with E-state index in [-0.39, 0.29) is 5.41 Å².